The second kappa shape index (κ2) is 6.90. The topological polar surface area (TPSA) is 95.2 Å². The van der Waals surface area contributed by atoms with Crippen LogP contribution in [0.1, 0.15) is 0 Å². The van der Waals surface area contributed by atoms with Gasteiger partial charge in [0.2, 0.25) is 0 Å². The van der Waals surface area contributed by atoms with Gasteiger partial charge in [-0.2, -0.15) is 21.0 Å². The molecule has 0 heterocycles. The minimum Gasteiger partial charge on any atom is -0.192 e. The first-order valence-corrected chi connectivity index (χ1v) is 4.22. The van der Waals surface area contributed by atoms with Gasteiger partial charge in [-0.05, 0) is 0 Å². The number of nitrogens with zero attached hydrogens (tertiary/aromatic N) is 4. The Morgan fingerprint density at radius 2 is 0.882 bits per heavy atom. The Balaban J connectivity index is 0.00000256. The van der Waals surface area contributed by atoms with Crippen molar-refractivity contribution in [3.63, 3.8) is 0 Å². The van der Waals surface area contributed by atoms with Crippen LogP contribution in [0.25, 0.3) is 11.1 Å². The molecule has 0 aromatic heterocycles. The average molecular weight is 211 g/mol. The molecule has 0 unspecified atom stereocenters. The Labute approximate surface area is 110 Å². The first-order valence-electron chi connectivity index (χ1n) is 4.22. The van der Waals surface area contributed by atoms with E-state index in [4.69, 9.17) is 21.0 Å². The van der Waals surface area contributed by atoms with E-state index in [0.717, 1.165) is 0 Å². The molecule has 0 fully saturated rings. The monoisotopic (exact) mass is 211 g/mol. The van der Waals surface area contributed by atoms with Gasteiger partial charge in [-0.3, -0.25) is 0 Å². The van der Waals surface area contributed by atoms with Crippen molar-refractivity contribution in [3.8, 4) is 24.3 Å². The van der Waals surface area contributed by atoms with Gasteiger partial charge in [-0.25, -0.2) is 0 Å². The van der Waals surface area contributed by atoms with E-state index in [1.165, 1.54) is 24.3 Å². The molecule has 1 aromatic carbocycles. The quantitative estimate of drug-likeness (QED) is 0.429. The van der Waals surface area contributed by atoms with Gasteiger partial charge in [0.05, 0.1) is 0 Å². The maximum atomic E-state index is 8.63. The summed E-state index contributed by atoms with van der Waals surface area (Å²) in [5.41, 5.74) is 0.00373. The Morgan fingerprint density at radius 1 is 0.647 bits per heavy atom. The molecule has 17 heavy (non-hydrogen) atoms. The van der Waals surface area contributed by atoms with Crippen LogP contribution in [-0.4, -0.2) is 0 Å². The molecule has 0 bridgehead atoms. The van der Waals surface area contributed by atoms with Gasteiger partial charge >= 0.3 is 18.9 Å². The molecule has 0 aliphatic heterocycles. The summed E-state index contributed by atoms with van der Waals surface area (Å²) in [6.45, 7) is 0. The van der Waals surface area contributed by atoms with E-state index >= 15 is 0 Å². The molecule has 4 nitrogen and oxygen atoms in total. The minimum atomic E-state index is 0. The van der Waals surface area contributed by atoms with Crippen LogP contribution in [0.4, 0.5) is 0 Å². The van der Waals surface area contributed by atoms with Crippen molar-refractivity contribution >= 4 is 11.1 Å². The third-order valence-electron chi connectivity index (χ3n) is 1.91. The minimum absolute atomic E-state index is 0. The number of hydrogen-bond acceptors (Lipinski definition) is 4. The van der Waals surface area contributed by atoms with Gasteiger partial charge in [0.25, 0.3) is 0 Å². The average Bonchev–Trinajstić information content (AvgIpc) is 2.34. The predicted octanol–water partition coefficient (Wildman–Crippen LogP) is -2.91. The molecule has 0 amide bonds. The van der Waals surface area contributed by atoms with Gasteiger partial charge in [0.15, 0.2) is 0 Å². The van der Waals surface area contributed by atoms with Gasteiger partial charge < -0.3 is 0 Å². The van der Waals surface area contributed by atoms with E-state index in [2.05, 4.69) is 0 Å². The smallest absolute Gasteiger partial charge is 0.192 e. The summed E-state index contributed by atoms with van der Waals surface area (Å²) in [5.74, 6) is 0. The molecule has 72 valence electrons. The Kier molecular flexibility index (Phi) is 5.89. The van der Waals surface area contributed by atoms with Crippen molar-refractivity contribution < 1.29 is 18.9 Å². The van der Waals surface area contributed by atoms with E-state index in [1.807, 2.05) is 0 Å². The van der Waals surface area contributed by atoms with Crippen molar-refractivity contribution in [1.29, 1.82) is 21.0 Å². The molecule has 0 saturated carbocycles. The summed E-state index contributed by atoms with van der Waals surface area (Å²) in [6, 6.07) is 13.2. The van der Waals surface area contributed by atoms with Crippen molar-refractivity contribution in [3.05, 3.63) is 34.7 Å². The fraction of sp³-hybridized carbons (Fsp3) is 0. The van der Waals surface area contributed by atoms with E-state index in [-0.39, 0.29) is 30.0 Å². The van der Waals surface area contributed by atoms with Crippen LogP contribution in [0.2, 0.25) is 0 Å². The standard InChI is InChI=1S/C12H4N4.Li/c13-5-11(6-14)9-1-2-10(4-3-9)12(7-15)8-16;/h1-4H;/q;+1. The predicted molar refractivity (Wildman–Crippen MR) is 55.0 cm³/mol. The van der Waals surface area contributed by atoms with Crippen LogP contribution in [0.3, 0.4) is 0 Å². The molecule has 0 N–H and O–H groups in total. The van der Waals surface area contributed by atoms with Crippen LogP contribution in [-0.2, 0) is 0 Å². The maximum Gasteiger partial charge on any atom is 1.00 e. The van der Waals surface area contributed by atoms with Crippen molar-refractivity contribution in [2.45, 2.75) is 0 Å². The molecular formula is C12H4LiN4+. The SMILES string of the molecule is N#CC(C#N)=c1ccc(=C(C#N)C#N)cc1.[Li+]. The molecule has 0 radical (unpaired) electrons. The van der Waals surface area contributed by atoms with Crippen molar-refractivity contribution in [2.75, 3.05) is 0 Å². The molecule has 0 saturated heterocycles. The van der Waals surface area contributed by atoms with E-state index in [9.17, 15) is 0 Å². The summed E-state index contributed by atoms with van der Waals surface area (Å²) >= 11 is 0. The summed E-state index contributed by atoms with van der Waals surface area (Å²) in [7, 11) is 0. The first kappa shape index (κ1) is 14.5. The van der Waals surface area contributed by atoms with Gasteiger partial charge in [0, 0.05) is 10.4 Å². The molecule has 0 aliphatic carbocycles. The summed E-state index contributed by atoms with van der Waals surface area (Å²) in [5, 5.41) is 35.5. The number of benzene rings is 1. The third-order valence-corrected chi connectivity index (χ3v) is 1.91. The summed E-state index contributed by atoms with van der Waals surface area (Å²) in [4.78, 5) is 0. The largest absolute Gasteiger partial charge is 1.00 e. The van der Waals surface area contributed by atoms with Crippen LogP contribution in [0, 0.1) is 45.3 Å². The maximum absolute atomic E-state index is 8.63. The number of hydrogen-bond donors (Lipinski definition) is 0. The second-order valence-electron chi connectivity index (χ2n) is 2.77. The van der Waals surface area contributed by atoms with Crippen LogP contribution < -0.4 is 29.3 Å². The zero-order valence-electron chi connectivity index (χ0n) is 9.10. The summed E-state index contributed by atoms with van der Waals surface area (Å²) in [6.07, 6.45) is 0. The third kappa shape index (κ3) is 3.24. The molecular weight excluding hydrogens is 207 g/mol. The summed E-state index contributed by atoms with van der Waals surface area (Å²) < 4.78 is 0. The molecule has 0 spiro atoms. The zero-order valence-corrected chi connectivity index (χ0v) is 9.10. The van der Waals surface area contributed by atoms with Gasteiger partial charge in [0.1, 0.15) is 35.4 Å². The zero-order chi connectivity index (χ0) is 12.0. The first-order chi connectivity index (χ1) is 7.76. The Morgan fingerprint density at radius 3 is 1.06 bits per heavy atom. The fourth-order valence-corrected chi connectivity index (χ4v) is 1.11. The van der Waals surface area contributed by atoms with E-state index in [1.54, 1.807) is 24.3 Å². The Bertz CT molecular complexity index is 587. The van der Waals surface area contributed by atoms with Gasteiger partial charge in [-0.1, -0.05) is 24.3 Å². The molecule has 1 rings (SSSR count). The molecule has 1 aromatic rings. The number of rotatable bonds is 0. The molecule has 0 aliphatic rings. The van der Waals surface area contributed by atoms with E-state index < -0.39 is 0 Å². The van der Waals surface area contributed by atoms with E-state index in [0.29, 0.717) is 10.4 Å². The second-order valence-corrected chi connectivity index (χ2v) is 2.77. The molecule has 5 heteroatoms. The van der Waals surface area contributed by atoms with Crippen LogP contribution >= 0.6 is 0 Å². The normalized spacial score (nSPS) is 7.29. The molecule has 0 atom stereocenters. The van der Waals surface area contributed by atoms with Crippen LogP contribution in [0.5, 0.6) is 0 Å². The van der Waals surface area contributed by atoms with Gasteiger partial charge in [-0.15, -0.1) is 0 Å². The fourth-order valence-electron chi connectivity index (χ4n) is 1.11. The van der Waals surface area contributed by atoms with Crippen molar-refractivity contribution in [2.24, 2.45) is 0 Å². The van der Waals surface area contributed by atoms with Crippen molar-refractivity contribution in [1.82, 2.24) is 0 Å². The Hall–Kier alpha value is -2.48. The van der Waals surface area contributed by atoms with Crippen LogP contribution in [0.15, 0.2) is 24.3 Å². The number of nitriles is 4.